The van der Waals surface area contributed by atoms with Gasteiger partial charge in [0.2, 0.25) is 0 Å². The number of non-ortho nitro benzene ring substituents is 1. The number of ether oxygens (including phenoxy) is 2. The van der Waals surface area contributed by atoms with Gasteiger partial charge in [-0.15, -0.1) is 0 Å². The predicted molar refractivity (Wildman–Crippen MR) is 158 cm³/mol. The number of nitro groups is 1. The van der Waals surface area contributed by atoms with Gasteiger partial charge in [0.25, 0.3) is 5.69 Å². The van der Waals surface area contributed by atoms with Crippen LogP contribution in [0.3, 0.4) is 0 Å². The van der Waals surface area contributed by atoms with Gasteiger partial charge < -0.3 is 9.47 Å². The van der Waals surface area contributed by atoms with Gasteiger partial charge in [-0.3, -0.25) is 14.9 Å². The lowest BCUT2D eigenvalue weighted by atomic mass is 9.98. The summed E-state index contributed by atoms with van der Waals surface area (Å²) in [6.07, 6.45) is 0.715. The summed E-state index contributed by atoms with van der Waals surface area (Å²) < 4.78 is 11.8. The van der Waals surface area contributed by atoms with Gasteiger partial charge >= 0.3 is 5.97 Å². The number of benzene rings is 4. The highest BCUT2D eigenvalue weighted by Gasteiger charge is 2.30. The number of carbonyl (C=O) groups is 1. The third kappa shape index (κ3) is 7.10. The third-order valence-electron chi connectivity index (χ3n) is 6.54. The molecule has 6 nitrogen and oxygen atoms in total. The van der Waals surface area contributed by atoms with Crippen molar-refractivity contribution in [2.45, 2.75) is 60.8 Å². The fourth-order valence-corrected chi connectivity index (χ4v) is 6.81. The van der Waals surface area contributed by atoms with Gasteiger partial charge in [0.15, 0.2) is 14.7 Å². The minimum Gasteiger partial charge on any atom is -0.493 e. The Morgan fingerprint density at radius 1 is 0.825 bits per heavy atom. The van der Waals surface area contributed by atoms with Crippen LogP contribution in [0.15, 0.2) is 112 Å². The summed E-state index contributed by atoms with van der Waals surface area (Å²) in [7, 11) is -0.237. The Morgan fingerprint density at radius 3 is 1.85 bits per heavy atom. The first-order valence-corrected chi connectivity index (χ1v) is 14.4. The van der Waals surface area contributed by atoms with E-state index in [9.17, 15) is 14.9 Å². The molecule has 0 fully saturated rings. The van der Waals surface area contributed by atoms with Gasteiger partial charge in [0, 0.05) is 30.7 Å². The van der Waals surface area contributed by atoms with Crippen molar-refractivity contribution in [3.8, 4) is 5.75 Å². The molecule has 206 valence electrons. The first kappa shape index (κ1) is 28.9. The van der Waals surface area contributed by atoms with Crippen molar-refractivity contribution in [3.63, 3.8) is 0 Å². The highest BCUT2D eigenvalue weighted by molar-refractivity contribution is 7.97. The Labute approximate surface area is 238 Å². The van der Waals surface area contributed by atoms with Crippen molar-refractivity contribution >= 4 is 22.6 Å². The molecule has 0 atom stereocenters. The van der Waals surface area contributed by atoms with Crippen LogP contribution in [-0.2, 0) is 26.0 Å². The SMILES string of the molecule is Cc1cc([S+](c2ccccc2)c2ccccc2)cc(C)c1OCCCC(=O)OC(C)(C)c1ccc([N+](=O)[O-])cc1. The van der Waals surface area contributed by atoms with Gasteiger partial charge in [0.05, 0.1) is 22.4 Å². The number of carbonyl (C=O) groups excluding carboxylic acids is 1. The van der Waals surface area contributed by atoms with Crippen LogP contribution in [0.25, 0.3) is 0 Å². The van der Waals surface area contributed by atoms with Crippen LogP contribution < -0.4 is 4.74 Å². The molecule has 0 heterocycles. The predicted octanol–water partition coefficient (Wildman–Crippen LogP) is 7.94. The summed E-state index contributed by atoms with van der Waals surface area (Å²) in [6.45, 7) is 8.05. The number of aryl methyl sites for hydroxylation is 2. The Morgan fingerprint density at radius 2 is 1.35 bits per heavy atom. The van der Waals surface area contributed by atoms with E-state index >= 15 is 0 Å². The molecule has 0 saturated carbocycles. The standard InChI is InChI=1S/C33H34NO5S/c1-24-22-30(40(28-12-7-5-8-13-28)29-14-9-6-10-15-29)23-25(2)32(24)38-21-11-16-31(35)39-33(3,4)26-17-19-27(20-18-26)34(36)37/h5-10,12-15,17-20,22-23H,11,16,21H2,1-4H3/q+1. The minimum atomic E-state index is -0.898. The van der Waals surface area contributed by atoms with Crippen LogP contribution in [0, 0.1) is 24.0 Å². The maximum atomic E-state index is 12.6. The van der Waals surface area contributed by atoms with E-state index in [2.05, 4.69) is 74.5 Å². The lowest BCUT2D eigenvalue weighted by molar-refractivity contribution is -0.384. The van der Waals surface area contributed by atoms with Gasteiger partial charge in [-0.1, -0.05) is 36.4 Å². The molecule has 0 radical (unpaired) electrons. The minimum absolute atomic E-state index is 0.00207. The monoisotopic (exact) mass is 556 g/mol. The lowest BCUT2D eigenvalue weighted by Crippen LogP contribution is -2.25. The Hall–Kier alpha value is -4.10. The molecule has 0 aromatic heterocycles. The molecule has 40 heavy (non-hydrogen) atoms. The summed E-state index contributed by atoms with van der Waals surface area (Å²) in [5, 5.41) is 10.9. The first-order valence-electron chi connectivity index (χ1n) is 13.2. The molecule has 0 N–H and O–H groups in total. The zero-order valence-corrected chi connectivity index (χ0v) is 24.1. The summed E-state index contributed by atoms with van der Waals surface area (Å²) in [6, 6.07) is 31.5. The lowest BCUT2D eigenvalue weighted by Gasteiger charge is -2.25. The molecule has 0 bridgehead atoms. The first-order chi connectivity index (χ1) is 19.2. The molecule has 0 unspecified atom stereocenters. The van der Waals surface area contributed by atoms with Gasteiger partial charge in [-0.2, -0.15) is 0 Å². The average Bonchev–Trinajstić information content (AvgIpc) is 2.93. The second-order valence-corrected chi connectivity index (χ2v) is 12.1. The summed E-state index contributed by atoms with van der Waals surface area (Å²) in [4.78, 5) is 26.8. The molecule has 4 rings (SSSR count). The van der Waals surface area contributed by atoms with E-state index in [4.69, 9.17) is 9.47 Å². The van der Waals surface area contributed by atoms with Crippen molar-refractivity contribution in [3.05, 3.63) is 124 Å². The number of rotatable bonds is 11. The van der Waals surface area contributed by atoms with Crippen molar-refractivity contribution in [2.24, 2.45) is 0 Å². The number of nitrogens with zero attached hydrogens (tertiary/aromatic N) is 1. The zero-order chi connectivity index (χ0) is 28.7. The largest absolute Gasteiger partial charge is 0.493 e. The van der Waals surface area contributed by atoms with Crippen LogP contribution in [0.5, 0.6) is 5.75 Å². The molecular formula is C33H34NO5S+. The summed E-state index contributed by atoms with van der Waals surface area (Å²) in [5.74, 6) is 0.499. The van der Waals surface area contributed by atoms with Gasteiger partial charge in [-0.25, -0.2) is 0 Å². The molecule has 0 aliphatic heterocycles. The Bertz CT molecular complexity index is 1390. The van der Waals surface area contributed by atoms with Crippen molar-refractivity contribution in [2.75, 3.05) is 6.61 Å². The van der Waals surface area contributed by atoms with E-state index in [-0.39, 0.29) is 29.0 Å². The van der Waals surface area contributed by atoms with E-state index in [1.54, 1.807) is 26.0 Å². The second-order valence-electron chi connectivity index (χ2n) is 10.1. The molecule has 0 spiro atoms. The highest BCUT2D eigenvalue weighted by atomic mass is 32.2. The molecular weight excluding hydrogens is 522 g/mol. The van der Waals surface area contributed by atoms with Crippen molar-refractivity contribution in [1.29, 1.82) is 0 Å². The highest BCUT2D eigenvalue weighted by Crippen LogP contribution is 2.35. The van der Waals surface area contributed by atoms with Crippen LogP contribution in [0.4, 0.5) is 5.69 Å². The van der Waals surface area contributed by atoms with Gasteiger partial charge in [-0.05, 0) is 87.2 Å². The van der Waals surface area contributed by atoms with Crippen LogP contribution in [-0.4, -0.2) is 17.5 Å². The number of esters is 1. The van der Waals surface area contributed by atoms with E-state index in [1.165, 1.54) is 26.8 Å². The third-order valence-corrected chi connectivity index (χ3v) is 8.74. The second kappa shape index (κ2) is 12.8. The number of hydrogen-bond acceptors (Lipinski definition) is 5. The molecule has 4 aromatic rings. The van der Waals surface area contributed by atoms with E-state index in [0.29, 0.717) is 18.6 Å². The van der Waals surface area contributed by atoms with Crippen molar-refractivity contribution in [1.82, 2.24) is 0 Å². The fraction of sp³-hybridized carbons (Fsp3) is 0.242. The number of hydrogen-bond donors (Lipinski definition) is 0. The molecule has 0 amide bonds. The topological polar surface area (TPSA) is 78.7 Å². The zero-order valence-electron chi connectivity index (χ0n) is 23.3. The Balaban J connectivity index is 1.38. The van der Waals surface area contributed by atoms with Crippen molar-refractivity contribution < 1.29 is 19.2 Å². The smallest absolute Gasteiger partial charge is 0.306 e. The Kier molecular flexibility index (Phi) is 9.27. The average molecular weight is 557 g/mol. The number of nitro benzene ring substituents is 1. The summed E-state index contributed by atoms with van der Waals surface area (Å²) in [5.41, 5.74) is 1.91. The quantitative estimate of drug-likeness (QED) is 0.0616. The normalized spacial score (nSPS) is 11.3. The molecule has 0 aliphatic carbocycles. The van der Waals surface area contributed by atoms with Crippen LogP contribution in [0.2, 0.25) is 0 Å². The molecule has 7 heteroatoms. The van der Waals surface area contributed by atoms with E-state index < -0.39 is 10.5 Å². The van der Waals surface area contributed by atoms with E-state index in [0.717, 1.165) is 16.9 Å². The maximum absolute atomic E-state index is 12.6. The van der Waals surface area contributed by atoms with Crippen LogP contribution >= 0.6 is 0 Å². The molecule has 0 saturated heterocycles. The van der Waals surface area contributed by atoms with Crippen LogP contribution in [0.1, 0.15) is 43.4 Å². The van der Waals surface area contributed by atoms with E-state index in [1.807, 2.05) is 12.1 Å². The van der Waals surface area contributed by atoms with Gasteiger partial charge in [0.1, 0.15) is 11.4 Å². The molecule has 0 aliphatic rings. The fourth-order valence-electron chi connectivity index (χ4n) is 4.55. The molecule has 4 aromatic carbocycles. The summed E-state index contributed by atoms with van der Waals surface area (Å²) >= 11 is 0. The maximum Gasteiger partial charge on any atom is 0.306 e.